The van der Waals surface area contributed by atoms with Crippen LogP contribution >= 0.6 is 11.6 Å². The SMILES string of the molecule is CC(c1ccccc1Cl)N1CCN(C(=O)Nc2ccccc2N2CCCC2)CC1. The molecular weight excluding hydrogens is 384 g/mol. The standard InChI is InChI=1S/C23H29ClN4O/c1-18(19-8-2-3-9-20(19)24)26-14-16-28(17-15-26)23(29)25-21-10-4-5-11-22(21)27-12-6-7-13-27/h2-5,8-11,18H,6-7,12-17H2,1H3,(H,25,29). The van der Waals surface area contributed by atoms with E-state index in [1.54, 1.807) is 0 Å². The lowest BCUT2D eigenvalue weighted by molar-refractivity contribution is 0.119. The fourth-order valence-corrected chi connectivity index (χ4v) is 4.62. The average Bonchev–Trinajstić information content (AvgIpc) is 3.29. The number of nitrogens with zero attached hydrogens (tertiary/aromatic N) is 3. The van der Waals surface area contributed by atoms with Crippen molar-refractivity contribution in [3.8, 4) is 0 Å². The molecule has 0 radical (unpaired) electrons. The largest absolute Gasteiger partial charge is 0.370 e. The molecule has 0 spiro atoms. The van der Waals surface area contributed by atoms with Crippen LogP contribution in [0.2, 0.25) is 5.02 Å². The first kappa shape index (κ1) is 20.0. The molecule has 0 saturated carbocycles. The minimum Gasteiger partial charge on any atom is -0.370 e. The number of amides is 2. The fourth-order valence-electron chi connectivity index (χ4n) is 4.33. The Balaban J connectivity index is 1.36. The van der Waals surface area contributed by atoms with Gasteiger partial charge in [-0.05, 0) is 43.5 Å². The van der Waals surface area contributed by atoms with Crippen molar-refractivity contribution >= 4 is 29.0 Å². The molecule has 154 valence electrons. The van der Waals surface area contributed by atoms with Gasteiger partial charge < -0.3 is 15.1 Å². The zero-order chi connectivity index (χ0) is 20.2. The van der Waals surface area contributed by atoms with Crippen LogP contribution in [0.15, 0.2) is 48.5 Å². The summed E-state index contributed by atoms with van der Waals surface area (Å²) >= 11 is 6.37. The van der Waals surface area contributed by atoms with Crippen molar-refractivity contribution in [3.05, 3.63) is 59.1 Å². The molecule has 2 aromatic carbocycles. The summed E-state index contributed by atoms with van der Waals surface area (Å²) in [6, 6.07) is 16.4. The second-order valence-electron chi connectivity index (χ2n) is 7.86. The molecule has 2 heterocycles. The van der Waals surface area contributed by atoms with Gasteiger partial charge in [0, 0.05) is 50.3 Å². The fraction of sp³-hybridized carbons (Fsp3) is 0.435. The quantitative estimate of drug-likeness (QED) is 0.780. The zero-order valence-electron chi connectivity index (χ0n) is 17.0. The van der Waals surface area contributed by atoms with Crippen molar-refractivity contribution < 1.29 is 4.79 Å². The highest BCUT2D eigenvalue weighted by atomic mass is 35.5. The number of urea groups is 1. The van der Waals surface area contributed by atoms with Gasteiger partial charge in [0.15, 0.2) is 0 Å². The molecule has 0 bridgehead atoms. The van der Waals surface area contributed by atoms with E-state index in [9.17, 15) is 4.79 Å². The minimum absolute atomic E-state index is 0.0123. The molecule has 2 saturated heterocycles. The van der Waals surface area contributed by atoms with Gasteiger partial charge in [-0.2, -0.15) is 0 Å². The summed E-state index contributed by atoms with van der Waals surface area (Å²) in [5, 5.41) is 3.95. The minimum atomic E-state index is -0.0123. The zero-order valence-corrected chi connectivity index (χ0v) is 17.7. The number of nitrogens with one attached hydrogen (secondary N) is 1. The van der Waals surface area contributed by atoms with Gasteiger partial charge in [-0.25, -0.2) is 4.79 Å². The molecule has 29 heavy (non-hydrogen) atoms. The number of hydrogen-bond donors (Lipinski definition) is 1. The molecule has 4 rings (SSSR count). The number of anilines is 2. The second-order valence-corrected chi connectivity index (χ2v) is 8.27. The lowest BCUT2D eigenvalue weighted by atomic mass is 10.1. The first-order valence-corrected chi connectivity index (χ1v) is 10.9. The maximum absolute atomic E-state index is 12.9. The predicted molar refractivity (Wildman–Crippen MR) is 120 cm³/mol. The van der Waals surface area contributed by atoms with E-state index in [1.807, 2.05) is 41.3 Å². The summed E-state index contributed by atoms with van der Waals surface area (Å²) < 4.78 is 0. The number of para-hydroxylation sites is 2. The first-order valence-electron chi connectivity index (χ1n) is 10.5. The van der Waals surface area contributed by atoms with Crippen LogP contribution in [-0.2, 0) is 0 Å². The number of carbonyl (C=O) groups is 1. The Morgan fingerprint density at radius 1 is 0.931 bits per heavy atom. The Kier molecular flexibility index (Phi) is 6.26. The van der Waals surface area contributed by atoms with Crippen molar-refractivity contribution in [2.75, 3.05) is 49.5 Å². The number of piperazine rings is 1. The highest BCUT2D eigenvalue weighted by Gasteiger charge is 2.26. The van der Waals surface area contributed by atoms with E-state index >= 15 is 0 Å². The van der Waals surface area contributed by atoms with E-state index in [0.717, 1.165) is 48.1 Å². The first-order chi connectivity index (χ1) is 14.1. The van der Waals surface area contributed by atoms with Crippen molar-refractivity contribution in [3.63, 3.8) is 0 Å². The van der Waals surface area contributed by atoms with Crippen molar-refractivity contribution in [2.45, 2.75) is 25.8 Å². The second kappa shape index (κ2) is 9.06. The summed E-state index contributed by atoms with van der Waals surface area (Å²) in [4.78, 5) is 19.6. The molecule has 1 atom stereocenters. The molecule has 5 nitrogen and oxygen atoms in total. The Labute approximate surface area is 178 Å². The lowest BCUT2D eigenvalue weighted by Gasteiger charge is -2.38. The van der Waals surface area contributed by atoms with Crippen molar-refractivity contribution in [2.24, 2.45) is 0 Å². The lowest BCUT2D eigenvalue weighted by Crippen LogP contribution is -2.50. The summed E-state index contributed by atoms with van der Waals surface area (Å²) in [7, 11) is 0. The van der Waals surface area contributed by atoms with Crippen LogP contribution in [-0.4, -0.2) is 55.1 Å². The maximum Gasteiger partial charge on any atom is 0.321 e. The third-order valence-electron chi connectivity index (χ3n) is 6.10. The Bertz CT molecular complexity index is 844. The van der Waals surface area contributed by atoms with Crippen LogP contribution in [0.3, 0.4) is 0 Å². The Morgan fingerprint density at radius 3 is 2.31 bits per heavy atom. The van der Waals surface area contributed by atoms with Crippen LogP contribution in [0.5, 0.6) is 0 Å². The van der Waals surface area contributed by atoms with Gasteiger partial charge in [-0.15, -0.1) is 0 Å². The summed E-state index contributed by atoms with van der Waals surface area (Å²) in [5.41, 5.74) is 3.18. The predicted octanol–water partition coefficient (Wildman–Crippen LogP) is 4.85. The van der Waals surface area contributed by atoms with Crippen molar-refractivity contribution in [1.29, 1.82) is 0 Å². The smallest absolute Gasteiger partial charge is 0.321 e. The summed E-state index contributed by atoms with van der Waals surface area (Å²) in [6.45, 7) is 7.42. The molecule has 2 aliphatic rings. The van der Waals surface area contributed by atoms with Crippen LogP contribution in [0.4, 0.5) is 16.2 Å². The maximum atomic E-state index is 12.9. The van der Waals surface area contributed by atoms with Gasteiger partial charge in [0.05, 0.1) is 11.4 Å². The number of benzene rings is 2. The molecule has 2 amide bonds. The topological polar surface area (TPSA) is 38.8 Å². The Hall–Kier alpha value is -2.24. The van der Waals surface area contributed by atoms with Gasteiger partial charge in [-0.1, -0.05) is 41.9 Å². The third-order valence-corrected chi connectivity index (χ3v) is 6.44. The molecule has 2 aliphatic heterocycles. The normalized spacial score (nSPS) is 18.7. The van der Waals surface area contributed by atoms with Crippen LogP contribution in [0, 0.1) is 0 Å². The van der Waals surface area contributed by atoms with E-state index in [2.05, 4.69) is 34.2 Å². The molecule has 2 fully saturated rings. The molecule has 1 unspecified atom stereocenters. The number of carbonyl (C=O) groups excluding carboxylic acids is 1. The van der Waals surface area contributed by atoms with E-state index in [0.29, 0.717) is 13.1 Å². The highest BCUT2D eigenvalue weighted by Crippen LogP contribution is 2.30. The van der Waals surface area contributed by atoms with E-state index < -0.39 is 0 Å². The average molecular weight is 413 g/mol. The van der Waals surface area contributed by atoms with Gasteiger partial charge in [0.25, 0.3) is 0 Å². The van der Waals surface area contributed by atoms with Gasteiger partial charge in [0.2, 0.25) is 0 Å². The van der Waals surface area contributed by atoms with E-state index in [4.69, 9.17) is 11.6 Å². The van der Waals surface area contributed by atoms with Crippen molar-refractivity contribution in [1.82, 2.24) is 9.80 Å². The monoisotopic (exact) mass is 412 g/mol. The molecule has 0 aromatic heterocycles. The number of rotatable bonds is 4. The van der Waals surface area contributed by atoms with Crippen LogP contribution in [0.1, 0.15) is 31.4 Å². The Morgan fingerprint density at radius 2 is 1.59 bits per heavy atom. The summed E-state index contributed by atoms with van der Waals surface area (Å²) in [6.07, 6.45) is 2.43. The molecule has 0 aliphatic carbocycles. The molecular formula is C23H29ClN4O. The molecule has 6 heteroatoms. The third kappa shape index (κ3) is 4.51. The van der Waals surface area contributed by atoms with Crippen LogP contribution in [0.25, 0.3) is 0 Å². The van der Waals surface area contributed by atoms with Gasteiger partial charge in [0.1, 0.15) is 0 Å². The highest BCUT2D eigenvalue weighted by molar-refractivity contribution is 6.31. The number of halogens is 1. The van der Waals surface area contributed by atoms with Crippen LogP contribution < -0.4 is 10.2 Å². The molecule has 2 aromatic rings. The van der Waals surface area contributed by atoms with Gasteiger partial charge >= 0.3 is 6.03 Å². The van der Waals surface area contributed by atoms with E-state index in [-0.39, 0.29) is 12.1 Å². The molecule has 1 N–H and O–H groups in total. The van der Waals surface area contributed by atoms with E-state index in [1.165, 1.54) is 12.8 Å². The number of hydrogen-bond acceptors (Lipinski definition) is 3. The summed E-state index contributed by atoms with van der Waals surface area (Å²) in [5.74, 6) is 0. The van der Waals surface area contributed by atoms with Gasteiger partial charge in [-0.3, -0.25) is 4.90 Å².